The van der Waals surface area contributed by atoms with E-state index in [1.165, 1.54) is 6.07 Å². The molecule has 140 valence electrons. The highest BCUT2D eigenvalue weighted by Crippen LogP contribution is 2.32. The Kier molecular flexibility index (Phi) is 6.86. The molecular weight excluding hydrogens is 333 g/mol. The average molecular weight is 359 g/mol. The molecule has 1 unspecified atom stereocenters. The van der Waals surface area contributed by atoms with Crippen LogP contribution >= 0.6 is 0 Å². The van der Waals surface area contributed by atoms with Crippen molar-refractivity contribution < 1.29 is 18.6 Å². The van der Waals surface area contributed by atoms with Gasteiger partial charge in [0.2, 0.25) is 0 Å². The summed E-state index contributed by atoms with van der Waals surface area (Å²) >= 11 is 0. The van der Waals surface area contributed by atoms with Crippen LogP contribution in [0.25, 0.3) is 0 Å². The van der Waals surface area contributed by atoms with Crippen LogP contribution in [0.2, 0.25) is 0 Å². The summed E-state index contributed by atoms with van der Waals surface area (Å²) in [5, 5.41) is 3.43. The van der Waals surface area contributed by atoms with Crippen molar-refractivity contribution in [2.24, 2.45) is 0 Å². The molecule has 1 fully saturated rings. The standard InChI is InChI=1S/C21H26FNO3/c1-2-24-20-11-5-8-16(13-23-14-18-9-6-12-25-18)21(20)26-15-17-7-3-4-10-19(17)22/h3-5,7-8,10-11,18,23H,2,6,9,12-15H2,1H3. The van der Waals surface area contributed by atoms with E-state index in [0.717, 1.165) is 31.6 Å². The number of ether oxygens (including phenoxy) is 3. The predicted molar refractivity (Wildman–Crippen MR) is 99.0 cm³/mol. The number of para-hydroxylation sites is 1. The molecule has 1 saturated heterocycles. The molecule has 2 aromatic rings. The Morgan fingerprint density at radius 1 is 1.12 bits per heavy atom. The fourth-order valence-electron chi connectivity index (χ4n) is 3.07. The van der Waals surface area contributed by atoms with Crippen LogP contribution in [-0.2, 0) is 17.9 Å². The summed E-state index contributed by atoms with van der Waals surface area (Å²) in [6.45, 7) is 4.95. The maximum Gasteiger partial charge on any atom is 0.166 e. The zero-order chi connectivity index (χ0) is 18.2. The third kappa shape index (κ3) is 4.96. The van der Waals surface area contributed by atoms with Crippen LogP contribution in [0.4, 0.5) is 4.39 Å². The number of halogens is 1. The van der Waals surface area contributed by atoms with Gasteiger partial charge in [-0.15, -0.1) is 0 Å². The van der Waals surface area contributed by atoms with Gasteiger partial charge in [-0.3, -0.25) is 0 Å². The Bertz CT molecular complexity index is 701. The minimum atomic E-state index is -0.264. The van der Waals surface area contributed by atoms with Crippen molar-refractivity contribution in [1.29, 1.82) is 0 Å². The number of benzene rings is 2. The van der Waals surface area contributed by atoms with E-state index in [1.807, 2.05) is 25.1 Å². The summed E-state index contributed by atoms with van der Waals surface area (Å²) in [5.74, 6) is 1.08. The highest BCUT2D eigenvalue weighted by molar-refractivity contribution is 5.46. The first-order chi connectivity index (χ1) is 12.8. The first kappa shape index (κ1) is 18.7. The van der Waals surface area contributed by atoms with Crippen LogP contribution in [0.1, 0.15) is 30.9 Å². The minimum Gasteiger partial charge on any atom is -0.490 e. The molecule has 5 heteroatoms. The molecule has 0 aliphatic carbocycles. The number of rotatable bonds is 9. The lowest BCUT2D eigenvalue weighted by atomic mass is 10.1. The molecule has 0 saturated carbocycles. The fourth-order valence-corrected chi connectivity index (χ4v) is 3.07. The van der Waals surface area contributed by atoms with E-state index in [-0.39, 0.29) is 18.5 Å². The second-order valence-electron chi connectivity index (χ2n) is 6.32. The predicted octanol–water partition coefficient (Wildman–Crippen LogP) is 4.07. The summed E-state index contributed by atoms with van der Waals surface area (Å²) in [5.41, 5.74) is 1.52. The van der Waals surface area contributed by atoms with E-state index in [1.54, 1.807) is 18.2 Å². The highest BCUT2D eigenvalue weighted by Gasteiger charge is 2.16. The second-order valence-corrected chi connectivity index (χ2v) is 6.32. The fraction of sp³-hybridized carbons (Fsp3) is 0.429. The van der Waals surface area contributed by atoms with E-state index in [9.17, 15) is 4.39 Å². The Balaban J connectivity index is 1.68. The Hall–Kier alpha value is -2.11. The van der Waals surface area contributed by atoms with E-state index in [4.69, 9.17) is 14.2 Å². The molecule has 3 rings (SSSR count). The lowest BCUT2D eigenvalue weighted by Crippen LogP contribution is -2.26. The van der Waals surface area contributed by atoms with E-state index in [0.29, 0.717) is 30.2 Å². The average Bonchev–Trinajstić information content (AvgIpc) is 3.16. The van der Waals surface area contributed by atoms with Gasteiger partial charge < -0.3 is 19.5 Å². The summed E-state index contributed by atoms with van der Waals surface area (Å²) < 4.78 is 31.2. The molecule has 2 aromatic carbocycles. The van der Waals surface area contributed by atoms with Crippen LogP contribution in [0.5, 0.6) is 11.5 Å². The van der Waals surface area contributed by atoms with Crippen LogP contribution in [0.3, 0.4) is 0 Å². The molecule has 26 heavy (non-hydrogen) atoms. The van der Waals surface area contributed by atoms with Crippen LogP contribution in [-0.4, -0.2) is 25.9 Å². The van der Waals surface area contributed by atoms with Gasteiger partial charge in [-0.25, -0.2) is 4.39 Å². The maximum atomic E-state index is 13.9. The third-order valence-electron chi connectivity index (χ3n) is 4.40. The van der Waals surface area contributed by atoms with Crippen molar-refractivity contribution in [2.75, 3.05) is 19.8 Å². The molecule has 1 N–H and O–H groups in total. The van der Waals surface area contributed by atoms with Crippen molar-refractivity contribution in [2.45, 2.75) is 39.0 Å². The number of hydrogen-bond acceptors (Lipinski definition) is 4. The van der Waals surface area contributed by atoms with E-state index >= 15 is 0 Å². The summed E-state index contributed by atoms with van der Waals surface area (Å²) in [7, 11) is 0. The second kappa shape index (κ2) is 9.55. The van der Waals surface area contributed by atoms with Crippen molar-refractivity contribution in [3.05, 3.63) is 59.4 Å². The zero-order valence-electron chi connectivity index (χ0n) is 15.2. The molecule has 4 nitrogen and oxygen atoms in total. The first-order valence-electron chi connectivity index (χ1n) is 9.21. The molecule has 0 radical (unpaired) electrons. The smallest absolute Gasteiger partial charge is 0.166 e. The van der Waals surface area contributed by atoms with Crippen molar-refractivity contribution in [1.82, 2.24) is 5.32 Å². The summed E-state index contributed by atoms with van der Waals surface area (Å²) in [6, 6.07) is 12.5. The van der Waals surface area contributed by atoms with Gasteiger partial charge in [-0.05, 0) is 31.9 Å². The molecule has 0 spiro atoms. The Morgan fingerprint density at radius 2 is 1.96 bits per heavy atom. The van der Waals surface area contributed by atoms with Gasteiger partial charge in [-0.2, -0.15) is 0 Å². The van der Waals surface area contributed by atoms with E-state index in [2.05, 4.69) is 5.32 Å². The van der Waals surface area contributed by atoms with Gasteiger partial charge in [0.05, 0.1) is 12.7 Å². The van der Waals surface area contributed by atoms with Gasteiger partial charge in [0, 0.05) is 30.8 Å². The maximum absolute atomic E-state index is 13.9. The molecule has 1 atom stereocenters. The molecule has 1 aliphatic heterocycles. The zero-order valence-corrected chi connectivity index (χ0v) is 15.2. The first-order valence-corrected chi connectivity index (χ1v) is 9.21. The van der Waals surface area contributed by atoms with Gasteiger partial charge in [0.25, 0.3) is 0 Å². The van der Waals surface area contributed by atoms with Crippen molar-refractivity contribution in [3.8, 4) is 11.5 Å². The SMILES string of the molecule is CCOc1cccc(CNCC2CCCO2)c1OCc1ccccc1F. The highest BCUT2D eigenvalue weighted by atomic mass is 19.1. The molecular formula is C21H26FNO3. The summed E-state index contributed by atoms with van der Waals surface area (Å²) in [6.07, 6.45) is 2.51. The van der Waals surface area contributed by atoms with Crippen LogP contribution < -0.4 is 14.8 Å². The van der Waals surface area contributed by atoms with Crippen LogP contribution in [0, 0.1) is 5.82 Å². The largest absolute Gasteiger partial charge is 0.490 e. The topological polar surface area (TPSA) is 39.7 Å². The Labute approximate surface area is 154 Å². The minimum absolute atomic E-state index is 0.162. The van der Waals surface area contributed by atoms with E-state index < -0.39 is 0 Å². The summed E-state index contributed by atoms with van der Waals surface area (Å²) in [4.78, 5) is 0. The van der Waals surface area contributed by atoms with Gasteiger partial charge in [0.15, 0.2) is 11.5 Å². The lowest BCUT2D eigenvalue weighted by molar-refractivity contribution is 0.110. The molecule has 0 amide bonds. The van der Waals surface area contributed by atoms with Crippen molar-refractivity contribution in [3.63, 3.8) is 0 Å². The molecule has 1 heterocycles. The lowest BCUT2D eigenvalue weighted by Gasteiger charge is -2.17. The monoisotopic (exact) mass is 359 g/mol. The van der Waals surface area contributed by atoms with Gasteiger partial charge in [-0.1, -0.05) is 30.3 Å². The Morgan fingerprint density at radius 3 is 2.73 bits per heavy atom. The molecule has 0 bridgehead atoms. The van der Waals surface area contributed by atoms with Gasteiger partial charge in [0.1, 0.15) is 12.4 Å². The van der Waals surface area contributed by atoms with Gasteiger partial charge >= 0.3 is 0 Å². The third-order valence-corrected chi connectivity index (χ3v) is 4.40. The quantitative estimate of drug-likeness (QED) is 0.733. The number of nitrogens with one attached hydrogen (secondary N) is 1. The normalized spacial score (nSPS) is 16.6. The number of hydrogen-bond donors (Lipinski definition) is 1. The van der Waals surface area contributed by atoms with Crippen LogP contribution in [0.15, 0.2) is 42.5 Å². The molecule has 0 aromatic heterocycles. The molecule has 1 aliphatic rings. The van der Waals surface area contributed by atoms with Crippen molar-refractivity contribution >= 4 is 0 Å².